The van der Waals surface area contributed by atoms with Crippen molar-refractivity contribution < 1.29 is 19.1 Å². The molecule has 2 rings (SSSR count). The predicted octanol–water partition coefficient (Wildman–Crippen LogP) is 1.28. The highest BCUT2D eigenvalue weighted by Crippen LogP contribution is 2.47. The van der Waals surface area contributed by atoms with E-state index in [0.29, 0.717) is 5.92 Å². The summed E-state index contributed by atoms with van der Waals surface area (Å²) in [4.78, 5) is 21.8. The Balaban J connectivity index is 1.99. The lowest BCUT2D eigenvalue weighted by Crippen LogP contribution is -2.27. The first-order chi connectivity index (χ1) is 7.08. The monoisotopic (exact) mass is 212 g/mol. The second kappa shape index (κ2) is 3.83. The van der Waals surface area contributed by atoms with Crippen LogP contribution >= 0.6 is 0 Å². The molecule has 4 nitrogen and oxygen atoms in total. The van der Waals surface area contributed by atoms with E-state index in [-0.39, 0.29) is 30.1 Å². The number of ether oxygens (including phenoxy) is 2. The van der Waals surface area contributed by atoms with Gasteiger partial charge in [0.2, 0.25) is 0 Å². The second-order valence-corrected chi connectivity index (χ2v) is 4.46. The Bertz CT molecular complexity index is 286. The molecular weight excluding hydrogens is 196 g/mol. The summed E-state index contributed by atoms with van der Waals surface area (Å²) in [6.45, 7) is 2.85. The van der Waals surface area contributed by atoms with Crippen LogP contribution in [-0.2, 0) is 19.1 Å². The molecule has 15 heavy (non-hydrogen) atoms. The summed E-state index contributed by atoms with van der Waals surface area (Å²) in [6.07, 6.45) is 2.88. The number of carbonyl (C=O) groups is 2. The summed E-state index contributed by atoms with van der Waals surface area (Å²) in [5.41, 5.74) is 0. The molecule has 0 aromatic carbocycles. The molecule has 0 heterocycles. The van der Waals surface area contributed by atoms with Crippen LogP contribution in [0.4, 0.5) is 0 Å². The Morgan fingerprint density at radius 2 is 1.73 bits per heavy atom. The second-order valence-electron chi connectivity index (χ2n) is 4.46. The van der Waals surface area contributed by atoms with E-state index >= 15 is 0 Å². The third-order valence-electron chi connectivity index (χ3n) is 3.39. The first kappa shape index (κ1) is 10.5. The highest BCUT2D eigenvalue weighted by molar-refractivity contribution is 5.67. The van der Waals surface area contributed by atoms with Crippen molar-refractivity contribution in [3.63, 3.8) is 0 Å². The van der Waals surface area contributed by atoms with E-state index in [1.54, 1.807) is 0 Å². The number of hydrogen-bond donors (Lipinski definition) is 0. The number of hydrogen-bond acceptors (Lipinski definition) is 4. The van der Waals surface area contributed by atoms with E-state index in [9.17, 15) is 9.59 Å². The van der Waals surface area contributed by atoms with E-state index in [2.05, 4.69) is 0 Å². The largest absolute Gasteiger partial charge is 0.462 e. The Hall–Kier alpha value is -1.06. The minimum atomic E-state index is -0.242. The Labute approximate surface area is 88.9 Å². The Morgan fingerprint density at radius 3 is 2.33 bits per heavy atom. The number of rotatable bonds is 2. The van der Waals surface area contributed by atoms with Gasteiger partial charge in [0.05, 0.1) is 0 Å². The molecule has 0 amide bonds. The molecule has 4 heteroatoms. The average Bonchev–Trinajstić information content (AvgIpc) is 2.60. The van der Waals surface area contributed by atoms with Gasteiger partial charge in [-0.05, 0) is 25.2 Å². The fraction of sp³-hybridized carbons (Fsp3) is 0.818. The Kier molecular flexibility index (Phi) is 2.67. The maximum Gasteiger partial charge on any atom is 0.302 e. The van der Waals surface area contributed by atoms with Crippen LogP contribution in [0.25, 0.3) is 0 Å². The third-order valence-corrected chi connectivity index (χ3v) is 3.39. The zero-order chi connectivity index (χ0) is 11.0. The molecule has 2 aliphatic carbocycles. The van der Waals surface area contributed by atoms with Crippen LogP contribution < -0.4 is 0 Å². The molecule has 2 bridgehead atoms. The van der Waals surface area contributed by atoms with Crippen LogP contribution in [0.1, 0.15) is 33.1 Å². The van der Waals surface area contributed by atoms with Gasteiger partial charge < -0.3 is 9.47 Å². The maximum absolute atomic E-state index is 10.9. The molecule has 2 aliphatic rings. The van der Waals surface area contributed by atoms with Crippen molar-refractivity contribution in [2.24, 2.45) is 11.8 Å². The zero-order valence-electron chi connectivity index (χ0n) is 9.06. The number of fused-ring (bicyclic) bond motifs is 2. The lowest BCUT2D eigenvalue weighted by molar-refractivity contribution is -0.152. The van der Waals surface area contributed by atoms with Crippen molar-refractivity contribution in [1.82, 2.24) is 0 Å². The van der Waals surface area contributed by atoms with Gasteiger partial charge in [-0.3, -0.25) is 9.59 Å². The number of esters is 2. The summed E-state index contributed by atoms with van der Waals surface area (Å²) < 4.78 is 10.5. The summed E-state index contributed by atoms with van der Waals surface area (Å²) in [5.74, 6) is 0.139. The molecule has 0 saturated heterocycles. The van der Waals surface area contributed by atoms with Gasteiger partial charge in [-0.1, -0.05) is 0 Å². The third kappa shape index (κ3) is 1.98. The molecule has 84 valence electrons. The van der Waals surface area contributed by atoms with Crippen molar-refractivity contribution in [3.05, 3.63) is 0 Å². The van der Waals surface area contributed by atoms with Gasteiger partial charge in [0.1, 0.15) is 12.2 Å². The van der Waals surface area contributed by atoms with Crippen molar-refractivity contribution in [3.8, 4) is 0 Å². The molecule has 0 aromatic rings. The van der Waals surface area contributed by atoms with E-state index in [1.807, 2.05) is 0 Å². The molecule has 0 aromatic heterocycles. The first-order valence-corrected chi connectivity index (χ1v) is 5.42. The summed E-state index contributed by atoms with van der Waals surface area (Å²) >= 11 is 0. The minimum Gasteiger partial charge on any atom is -0.462 e. The highest BCUT2D eigenvalue weighted by atomic mass is 16.6. The highest BCUT2D eigenvalue weighted by Gasteiger charge is 2.51. The number of carbonyl (C=O) groups excluding carboxylic acids is 2. The molecule has 2 saturated carbocycles. The minimum absolute atomic E-state index is 0.0214. The fourth-order valence-electron chi connectivity index (χ4n) is 2.93. The van der Waals surface area contributed by atoms with Crippen molar-refractivity contribution >= 4 is 11.9 Å². The SMILES string of the molecule is CC(=O)OC1C[C@H]2CC[C@@H]1C2OC(C)=O. The summed E-state index contributed by atoms with van der Waals surface area (Å²) in [6, 6.07) is 0. The van der Waals surface area contributed by atoms with Gasteiger partial charge in [-0.15, -0.1) is 0 Å². The van der Waals surface area contributed by atoms with Gasteiger partial charge in [0.15, 0.2) is 0 Å². The van der Waals surface area contributed by atoms with Crippen molar-refractivity contribution in [1.29, 1.82) is 0 Å². The van der Waals surface area contributed by atoms with E-state index in [4.69, 9.17) is 9.47 Å². The van der Waals surface area contributed by atoms with Crippen LogP contribution in [0, 0.1) is 11.8 Å². The topological polar surface area (TPSA) is 52.6 Å². The summed E-state index contributed by atoms with van der Waals surface area (Å²) in [5, 5.41) is 0. The van der Waals surface area contributed by atoms with Gasteiger partial charge in [-0.25, -0.2) is 0 Å². The van der Waals surface area contributed by atoms with Gasteiger partial charge in [0.25, 0.3) is 0 Å². The van der Waals surface area contributed by atoms with Gasteiger partial charge in [0, 0.05) is 19.8 Å². The standard InChI is InChI=1S/C11H16O4/c1-6(12)14-10-5-8-3-4-9(10)11(8)15-7(2)13/h8-11H,3-5H2,1-2H3/t8-,9+,10?,11?/m1/s1. The normalized spacial score (nSPS) is 37.7. The molecular formula is C11H16O4. The van der Waals surface area contributed by atoms with Crippen LogP contribution in [-0.4, -0.2) is 24.1 Å². The van der Waals surface area contributed by atoms with Gasteiger partial charge in [-0.2, -0.15) is 0 Å². The Morgan fingerprint density at radius 1 is 1.07 bits per heavy atom. The van der Waals surface area contributed by atoms with Crippen LogP contribution in [0.3, 0.4) is 0 Å². The molecule has 0 spiro atoms. The zero-order valence-corrected chi connectivity index (χ0v) is 9.06. The molecule has 0 radical (unpaired) electrons. The van der Waals surface area contributed by atoms with Gasteiger partial charge >= 0.3 is 11.9 Å². The van der Waals surface area contributed by atoms with E-state index < -0.39 is 0 Å². The smallest absolute Gasteiger partial charge is 0.302 e. The summed E-state index contributed by atoms with van der Waals surface area (Å²) in [7, 11) is 0. The fourth-order valence-corrected chi connectivity index (χ4v) is 2.93. The maximum atomic E-state index is 10.9. The lowest BCUT2D eigenvalue weighted by Gasteiger charge is -2.21. The lowest BCUT2D eigenvalue weighted by atomic mass is 9.98. The molecule has 2 fully saturated rings. The molecule has 0 N–H and O–H groups in total. The van der Waals surface area contributed by atoms with Crippen LogP contribution in [0.5, 0.6) is 0 Å². The quantitative estimate of drug-likeness (QED) is 0.647. The molecule has 0 aliphatic heterocycles. The molecule has 2 unspecified atom stereocenters. The molecule has 4 atom stereocenters. The average molecular weight is 212 g/mol. The predicted molar refractivity (Wildman–Crippen MR) is 51.9 cm³/mol. The van der Waals surface area contributed by atoms with Crippen molar-refractivity contribution in [2.45, 2.75) is 45.3 Å². The van der Waals surface area contributed by atoms with Crippen LogP contribution in [0.2, 0.25) is 0 Å². The van der Waals surface area contributed by atoms with Crippen molar-refractivity contribution in [2.75, 3.05) is 0 Å². The van der Waals surface area contributed by atoms with E-state index in [1.165, 1.54) is 13.8 Å². The first-order valence-electron chi connectivity index (χ1n) is 5.42. The van der Waals surface area contributed by atoms with Crippen LogP contribution in [0.15, 0.2) is 0 Å². The van der Waals surface area contributed by atoms with E-state index in [0.717, 1.165) is 19.3 Å².